The normalized spacial score (nSPS) is 13.1. The van der Waals surface area contributed by atoms with Crippen LogP contribution in [0.25, 0.3) is 0 Å². The van der Waals surface area contributed by atoms with Crippen molar-refractivity contribution >= 4 is 11.2 Å². The molecule has 0 aromatic rings. The minimum atomic E-state index is -4.67. The fourth-order valence-electron chi connectivity index (χ4n) is 1.33. The average Bonchev–Trinajstić information content (AvgIpc) is 1.81. The van der Waals surface area contributed by atoms with Crippen LogP contribution in [0.3, 0.4) is 0 Å². The first-order valence-electron chi connectivity index (χ1n) is 4.72. The number of rotatable bonds is 3. The van der Waals surface area contributed by atoms with E-state index < -0.39 is 11.2 Å². The highest BCUT2D eigenvalue weighted by molar-refractivity contribution is 8.20. The molecule has 0 saturated carbocycles. The Balaban J connectivity index is 0. The standard InChI is InChI=1S/C8H19N.CH3F3S/c1-6-9(7(2)3)8(4)5;1-5(2,3)4/h7-8H,6H2,1-5H3;1H3. The van der Waals surface area contributed by atoms with Crippen molar-refractivity contribution in [3.63, 3.8) is 0 Å². The zero-order valence-electron chi connectivity index (χ0n) is 9.85. The van der Waals surface area contributed by atoms with Crippen LogP contribution >= 0.6 is 11.2 Å². The number of halogens is 3. The van der Waals surface area contributed by atoms with Crippen molar-refractivity contribution in [1.82, 2.24) is 4.90 Å². The van der Waals surface area contributed by atoms with Crippen LogP contribution < -0.4 is 0 Å². The van der Waals surface area contributed by atoms with Crippen molar-refractivity contribution in [1.29, 1.82) is 0 Å². The van der Waals surface area contributed by atoms with Gasteiger partial charge in [-0.15, -0.1) is 11.7 Å². The molecule has 0 saturated heterocycles. The summed E-state index contributed by atoms with van der Waals surface area (Å²) < 4.78 is 31.3. The van der Waals surface area contributed by atoms with E-state index in [9.17, 15) is 11.7 Å². The van der Waals surface area contributed by atoms with Crippen LogP contribution in [0, 0.1) is 0 Å². The largest absolute Gasteiger partial charge is 0.299 e. The first kappa shape index (κ1) is 16.5. The molecule has 0 unspecified atom stereocenters. The lowest BCUT2D eigenvalue weighted by Gasteiger charge is -2.28. The molecule has 0 bridgehead atoms. The van der Waals surface area contributed by atoms with Crippen LogP contribution in [-0.4, -0.2) is 29.8 Å². The zero-order chi connectivity index (χ0) is 11.9. The maximum Gasteiger partial charge on any atom is 0.206 e. The van der Waals surface area contributed by atoms with Gasteiger partial charge in [0.2, 0.25) is 11.2 Å². The Hall–Kier alpha value is 0.100. The van der Waals surface area contributed by atoms with E-state index in [0.717, 1.165) is 6.54 Å². The van der Waals surface area contributed by atoms with Gasteiger partial charge in [-0.1, -0.05) is 6.92 Å². The lowest BCUT2D eigenvalue weighted by Crippen LogP contribution is -2.36. The molecule has 0 spiro atoms. The van der Waals surface area contributed by atoms with Gasteiger partial charge in [0.15, 0.2) is 0 Å². The van der Waals surface area contributed by atoms with Gasteiger partial charge in [0.05, 0.1) is 0 Å². The molecule has 0 rings (SSSR count). The molecule has 0 aromatic carbocycles. The van der Waals surface area contributed by atoms with Gasteiger partial charge >= 0.3 is 0 Å². The summed E-state index contributed by atoms with van der Waals surface area (Å²) >= 11 is -4.67. The molecular weight excluding hydrogens is 211 g/mol. The number of nitrogens with zero attached hydrogens (tertiary/aromatic N) is 1. The third-order valence-corrected chi connectivity index (χ3v) is 1.69. The maximum atomic E-state index is 10.4. The summed E-state index contributed by atoms with van der Waals surface area (Å²) in [5.41, 5.74) is 0. The molecule has 0 heterocycles. The molecule has 0 aliphatic carbocycles. The van der Waals surface area contributed by atoms with Crippen molar-refractivity contribution < 1.29 is 11.7 Å². The average molecular weight is 233 g/mol. The van der Waals surface area contributed by atoms with Gasteiger partial charge in [-0.3, -0.25) is 4.90 Å². The summed E-state index contributed by atoms with van der Waals surface area (Å²) in [5, 5.41) is 0. The molecule has 5 heteroatoms. The van der Waals surface area contributed by atoms with E-state index in [1.807, 2.05) is 0 Å². The van der Waals surface area contributed by atoms with E-state index in [4.69, 9.17) is 0 Å². The Labute approximate surface area is 87.9 Å². The maximum absolute atomic E-state index is 10.4. The highest BCUT2D eigenvalue weighted by Gasteiger charge is 2.09. The Bertz CT molecular complexity index is 121. The SMILES string of the molecule is CCN(C(C)C)C(C)C.CS(F)(F)F. The fourth-order valence-corrected chi connectivity index (χ4v) is 1.33. The molecule has 14 heavy (non-hydrogen) atoms. The van der Waals surface area contributed by atoms with Crippen LogP contribution in [0.5, 0.6) is 0 Å². The summed E-state index contributed by atoms with van der Waals surface area (Å²) in [7, 11) is 0. The highest BCUT2D eigenvalue weighted by Crippen LogP contribution is 2.48. The third kappa shape index (κ3) is 14.6. The minimum Gasteiger partial charge on any atom is -0.299 e. The van der Waals surface area contributed by atoms with Gasteiger partial charge in [-0.2, -0.15) is 0 Å². The van der Waals surface area contributed by atoms with E-state index in [0.29, 0.717) is 12.1 Å². The summed E-state index contributed by atoms with van der Waals surface area (Å²) in [6.07, 6.45) is 0.271. The molecule has 0 amide bonds. The van der Waals surface area contributed by atoms with Gasteiger partial charge < -0.3 is 0 Å². The van der Waals surface area contributed by atoms with Gasteiger partial charge in [-0.25, -0.2) is 0 Å². The van der Waals surface area contributed by atoms with Gasteiger partial charge in [0.1, 0.15) is 0 Å². The van der Waals surface area contributed by atoms with Crippen LogP contribution in [0.4, 0.5) is 11.7 Å². The van der Waals surface area contributed by atoms with E-state index >= 15 is 0 Å². The number of hydrogen-bond donors (Lipinski definition) is 0. The smallest absolute Gasteiger partial charge is 0.206 e. The van der Waals surface area contributed by atoms with Gasteiger partial charge in [0.25, 0.3) is 0 Å². The van der Waals surface area contributed by atoms with E-state index in [1.165, 1.54) is 0 Å². The van der Waals surface area contributed by atoms with E-state index in [-0.39, 0.29) is 6.26 Å². The highest BCUT2D eigenvalue weighted by atomic mass is 32.3. The fraction of sp³-hybridized carbons (Fsp3) is 1.00. The first-order valence-corrected chi connectivity index (χ1v) is 6.46. The summed E-state index contributed by atoms with van der Waals surface area (Å²) in [6.45, 7) is 12.3. The molecule has 90 valence electrons. The molecule has 0 fully saturated rings. The molecule has 0 aromatic heterocycles. The van der Waals surface area contributed by atoms with Crippen molar-refractivity contribution in [2.45, 2.75) is 46.7 Å². The molecular formula is C9H22F3NS. The first-order chi connectivity index (χ1) is 6.09. The molecule has 0 atom stereocenters. The Kier molecular flexibility index (Phi) is 8.73. The molecule has 0 aliphatic rings. The second-order valence-corrected chi connectivity index (χ2v) is 4.93. The monoisotopic (exact) mass is 233 g/mol. The van der Waals surface area contributed by atoms with Crippen molar-refractivity contribution in [3.05, 3.63) is 0 Å². The zero-order valence-corrected chi connectivity index (χ0v) is 10.7. The Morgan fingerprint density at radius 2 is 1.21 bits per heavy atom. The molecule has 0 N–H and O–H groups in total. The topological polar surface area (TPSA) is 3.24 Å². The lowest BCUT2D eigenvalue weighted by molar-refractivity contribution is 0.185. The quantitative estimate of drug-likeness (QED) is 0.706. The predicted octanol–water partition coefficient (Wildman–Crippen LogP) is 4.20. The molecule has 0 radical (unpaired) electrons. The summed E-state index contributed by atoms with van der Waals surface area (Å²) in [4.78, 5) is 2.46. The third-order valence-electron chi connectivity index (χ3n) is 1.69. The van der Waals surface area contributed by atoms with Crippen LogP contribution in [0.1, 0.15) is 34.6 Å². The van der Waals surface area contributed by atoms with Crippen LogP contribution in [0.2, 0.25) is 0 Å². The summed E-state index contributed by atoms with van der Waals surface area (Å²) in [5.74, 6) is 0. The predicted molar refractivity (Wildman–Crippen MR) is 59.5 cm³/mol. The second kappa shape index (κ2) is 7.40. The summed E-state index contributed by atoms with van der Waals surface area (Å²) in [6, 6.07) is 1.38. The van der Waals surface area contributed by atoms with Gasteiger partial charge in [0, 0.05) is 18.3 Å². The lowest BCUT2D eigenvalue weighted by atomic mass is 10.2. The van der Waals surface area contributed by atoms with Crippen molar-refractivity contribution in [2.75, 3.05) is 12.8 Å². The molecule has 1 nitrogen and oxygen atoms in total. The number of hydrogen-bond acceptors (Lipinski definition) is 1. The van der Waals surface area contributed by atoms with Crippen molar-refractivity contribution in [3.8, 4) is 0 Å². The van der Waals surface area contributed by atoms with Crippen molar-refractivity contribution in [2.24, 2.45) is 0 Å². The van der Waals surface area contributed by atoms with Crippen LogP contribution in [-0.2, 0) is 0 Å². The molecule has 0 aliphatic heterocycles. The van der Waals surface area contributed by atoms with E-state index in [1.54, 1.807) is 0 Å². The Morgan fingerprint density at radius 3 is 1.21 bits per heavy atom. The Morgan fingerprint density at radius 1 is 1.00 bits per heavy atom. The van der Waals surface area contributed by atoms with Gasteiger partial charge in [-0.05, 0) is 34.2 Å². The van der Waals surface area contributed by atoms with Crippen LogP contribution in [0.15, 0.2) is 0 Å². The minimum absolute atomic E-state index is 0.271. The second-order valence-electron chi connectivity index (χ2n) is 3.66. The van der Waals surface area contributed by atoms with E-state index in [2.05, 4.69) is 39.5 Å².